The van der Waals surface area contributed by atoms with Crippen LogP contribution >= 0.6 is 0 Å². The third-order valence-electron chi connectivity index (χ3n) is 12.9. The van der Waals surface area contributed by atoms with Crippen molar-refractivity contribution in [3.63, 3.8) is 0 Å². The highest BCUT2D eigenvalue weighted by molar-refractivity contribution is 6.10. The van der Waals surface area contributed by atoms with Gasteiger partial charge in [0.05, 0.1) is 22.4 Å². The summed E-state index contributed by atoms with van der Waals surface area (Å²) in [6, 6.07) is 57.2. The van der Waals surface area contributed by atoms with E-state index in [1.165, 1.54) is 66.8 Å². The average Bonchev–Trinajstić information content (AvgIpc) is 3.82. The Labute approximate surface area is 378 Å². The molecule has 0 spiro atoms. The van der Waals surface area contributed by atoms with Crippen LogP contribution in [0.1, 0.15) is 69.4 Å². The number of para-hydroxylation sites is 2. The number of aryl methyl sites for hydroxylation is 3. The fraction of sp³-hybridized carbons (Fsp3) is 0.203. The van der Waals surface area contributed by atoms with E-state index in [0.29, 0.717) is 6.67 Å². The molecule has 0 N–H and O–H groups in total. The SMILES string of the molecule is Cc1cc(C)c(-c2ccc3c4ccc(Oc5cccc(N6CN(c7cc(-c8ccccc8)cc(C(C)(C)C)c7)c7ccccc76)c5)cc4n(-c4cc(C(C)(C)C)ccn4)c3c2)c(C)c1. The van der Waals surface area contributed by atoms with E-state index in [1.54, 1.807) is 0 Å². The van der Waals surface area contributed by atoms with Gasteiger partial charge in [-0.05, 0) is 143 Å². The third-order valence-corrected chi connectivity index (χ3v) is 12.9. The van der Waals surface area contributed by atoms with E-state index in [0.717, 1.165) is 45.1 Å². The van der Waals surface area contributed by atoms with Gasteiger partial charge in [-0.3, -0.25) is 4.57 Å². The predicted octanol–water partition coefficient (Wildman–Crippen LogP) is 16.1. The summed E-state index contributed by atoms with van der Waals surface area (Å²) in [6.07, 6.45) is 1.94. The Balaban J connectivity index is 1.03. The normalized spacial score (nSPS) is 13.0. The maximum atomic E-state index is 6.83. The summed E-state index contributed by atoms with van der Waals surface area (Å²) < 4.78 is 9.15. The highest BCUT2D eigenvalue weighted by Gasteiger charge is 2.30. The lowest BCUT2D eigenvalue weighted by molar-refractivity contribution is 0.483. The Kier molecular flexibility index (Phi) is 9.98. The van der Waals surface area contributed by atoms with Gasteiger partial charge < -0.3 is 14.5 Å². The number of benzene rings is 7. The molecule has 5 nitrogen and oxygen atoms in total. The van der Waals surface area contributed by atoms with Crippen LogP contribution < -0.4 is 14.5 Å². The van der Waals surface area contributed by atoms with Gasteiger partial charge in [-0.15, -0.1) is 0 Å². The molecule has 0 radical (unpaired) electrons. The second-order valence-electron chi connectivity index (χ2n) is 19.6. The minimum Gasteiger partial charge on any atom is -0.457 e. The molecule has 0 fully saturated rings. The lowest BCUT2D eigenvalue weighted by Crippen LogP contribution is -2.24. The van der Waals surface area contributed by atoms with Crippen LogP contribution in [0, 0.1) is 20.8 Å². The van der Waals surface area contributed by atoms with Gasteiger partial charge in [-0.25, -0.2) is 4.98 Å². The molecule has 0 saturated carbocycles. The maximum absolute atomic E-state index is 6.83. The van der Waals surface area contributed by atoms with Crippen LogP contribution in [0.4, 0.5) is 22.7 Å². The number of nitrogens with zero attached hydrogens (tertiary/aromatic N) is 4. The molecular formula is C59H56N4O. The number of anilines is 4. The molecule has 1 aliphatic rings. The molecule has 5 heteroatoms. The van der Waals surface area contributed by atoms with Gasteiger partial charge in [-0.2, -0.15) is 0 Å². The zero-order valence-corrected chi connectivity index (χ0v) is 38.5. The van der Waals surface area contributed by atoms with Crippen molar-refractivity contribution in [3.8, 4) is 39.6 Å². The lowest BCUT2D eigenvalue weighted by Gasteiger charge is -2.26. The Morgan fingerprint density at radius 2 is 1.12 bits per heavy atom. The van der Waals surface area contributed by atoms with Crippen LogP contribution in [0.15, 0.2) is 164 Å². The number of aromatic nitrogens is 2. The standard InChI is InChI=1S/C59H56N4O/c1-38-28-39(2)57(40(3)29-38)42-22-24-50-51-25-23-49(36-55(51)63(54(50)32-42)56-34-44(26-27-60-56)58(4,5)6)64-48-19-15-18-46(35-48)61-37-62(53-21-14-13-20-52(53)61)47-31-43(41-16-11-10-12-17-41)30-45(33-47)59(7,8)9/h10-36H,37H2,1-9H3. The smallest absolute Gasteiger partial charge is 0.137 e. The maximum Gasteiger partial charge on any atom is 0.137 e. The number of hydrogen-bond donors (Lipinski definition) is 0. The minimum absolute atomic E-state index is 0.0168. The van der Waals surface area contributed by atoms with Crippen LogP contribution in [0.2, 0.25) is 0 Å². The molecular weight excluding hydrogens is 781 g/mol. The summed E-state index contributed by atoms with van der Waals surface area (Å²) in [5.74, 6) is 2.43. The highest BCUT2D eigenvalue weighted by atomic mass is 16.5. The first-order valence-corrected chi connectivity index (χ1v) is 22.5. The second-order valence-corrected chi connectivity index (χ2v) is 19.6. The number of rotatable bonds is 7. The second kappa shape index (κ2) is 15.6. The molecule has 3 heterocycles. The van der Waals surface area contributed by atoms with Crippen LogP contribution in [0.25, 0.3) is 49.9 Å². The zero-order valence-electron chi connectivity index (χ0n) is 38.5. The molecule has 64 heavy (non-hydrogen) atoms. The van der Waals surface area contributed by atoms with Crippen molar-refractivity contribution in [2.45, 2.75) is 73.1 Å². The van der Waals surface area contributed by atoms with Crippen molar-refractivity contribution in [1.29, 1.82) is 0 Å². The van der Waals surface area contributed by atoms with Gasteiger partial charge in [-0.1, -0.05) is 126 Å². The summed E-state index contributed by atoms with van der Waals surface area (Å²) >= 11 is 0. The quantitative estimate of drug-likeness (QED) is 0.160. The molecule has 0 atom stereocenters. The third kappa shape index (κ3) is 7.49. The van der Waals surface area contributed by atoms with Crippen LogP contribution in [-0.4, -0.2) is 16.2 Å². The Hall–Kier alpha value is -7.11. The minimum atomic E-state index is -0.0362. The fourth-order valence-corrected chi connectivity index (χ4v) is 9.61. The first-order valence-electron chi connectivity index (χ1n) is 22.5. The lowest BCUT2D eigenvalue weighted by atomic mass is 9.85. The molecule has 0 aliphatic carbocycles. The number of hydrogen-bond acceptors (Lipinski definition) is 4. The molecule has 9 aromatic rings. The van der Waals surface area contributed by atoms with Gasteiger partial charge in [0.25, 0.3) is 0 Å². The van der Waals surface area contributed by atoms with E-state index in [4.69, 9.17) is 9.72 Å². The fourth-order valence-electron chi connectivity index (χ4n) is 9.61. The van der Waals surface area contributed by atoms with E-state index < -0.39 is 0 Å². The highest BCUT2D eigenvalue weighted by Crippen LogP contribution is 2.47. The molecule has 7 aromatic carbocycles. The van der Waals surface area contributed by atoms with E-state index >= 15 is 0 Å². The van der Waals surface area contributed by atoms with Crippen molar-refractivity contribution in [1.82, 2.24) is 9.55 Å². The summed E-state index contributed by atoms with van der Waals surface area (Å²) in [6.45, 7) is 20.9. The first-order chi connectivity index (χ1) is 30.7. The van der Waals surface area contributed by atoms with Crippen LogP contribution in [-0.2, 0) is 10.8 Å². The summed E-state index contributed by atoms with van der Waals surface area (Å²) in [7, 11) is 0. The van der Waals surface area contributed by atoms with Crippen molar-refractivity contribution in [3.05, 3.63) is 192 Å². The monoisotopic (exact) mass is 836 g/mol. The van der Waals surface area contributed by atoms with Gasteiger partial charge in [0.15, 0.2) is 0 Å². The molecule has 0 saturated heterocycles. The summed E-state index contributed by atoms with van der Waals surface area (Å²) in [4.78, 5) is 9.83. The van der Waals surface area contributed by atoms with Crippen molar-refractivity contribution < 1.29 is 4.74 Å². The Morgan fingerprint density at radius 3 is 1.83 bits per heavy atom. The van der Waals surface area contributed by atoms with E-state index in [1.807, 2.05) is 6.20 Å². The topological polar surface area (TPSA) is 33.5 Å². The zero-order chi connectivity index (χ0) is 44.5. The van der Waals surface area contributed by atoms with E-state index in [-0.39, 0.29) is 10.8 Å². The van der Waals surface area contributed by atoms with E-state index in [2.05, 4.69) is 234 Å². The van der Waals surface area contributed by atoms with E-state index in [9.17, 15) is 0 Å². The van der Waals surface area contributed by atoms with Gasteiger partial charge in [0, 0.05) is 40.5 Å². The molecule has 10 rings (SSSR count). The summed E-state index contributed by atoms with van der Waals surface area (Å²) in [5.41, 5.74) is 18.0. The van der Waals surface area contributed by atoms with Crippen molar-refractivity contribution in [2.24, 2.45) is 0 Å². The molecule has 0 bridgehead atoms. The molecule has 1 aliphatic heterocycles. The molecule has 2 aromatic heterocycles. The van der Waals surface area contributed by atoms with Gasteiger partial charge >= 0.3 is 0 Å². The van der Waals surface area contributed by atoms with Crippen LogP contribution in [0.3, 0.4) is 0 Å². The number of pyridine rings is 1. The average molecular weight is 837 g/mol. The van der Waals surface area contributed by atoms with Crippen LogP contribution in [0.5, 0.6) is 11.5 Å². The van der Waals surface area contributed by atoms with Crippen molar-refractivity contribution >= 4 is 44.6 Å². The first kappa shape index (κ1) is 40.9. The number of ether oxygens (including phenoxy) is 1. The predicted molar refractivity (Wildman–Crippen MR) is 270 cm³/mol. The summed E-state index contributed by atoms with van der Waals surface area (Å²) in [5, 5.41) is 2.33. The number of fused-ring (bicyclic) bond motifs is 4. The molecule has 0 unspecified atom stereocenters. The molecule has 0 amide bonds. The largest absolute Gasteiger partial charge is 0.457 e. The van der Waals surface area contributed by atoms with Gasteiger partial charge in [0.1, 0.15) is 24.0 Å². The Bertz CT molecular complexity index is 3210. The van der Waals surface area contributed by atoms with Gasteiger partial charge in [0.2, 0.25) is 0 Å². The Morgan fingerprint density at radius 1 is 0.484 bits per heavy atom. The van der Waals surface area contributed by atoms with Crippen molar-refractivity contribution in [2.75, 3.05) is 16.5 Å². The molecule has 318 valence electrons.